The van der Waals surface area contributed by atoms with Gasteiger partial charge in [0.2, 0.25) is 0 Å². The Kier molecular flexibility index (Phi) is 3.40. The van der Waals surface area contributed by atoms with Crippen molar-refractivity contribution in [3.63, 3.8) is 0 Å². The number of rotatable bonds is 1. The zero-order valence-corrected chi connectivity index (χ0v) is 13.4. The van der Waals surface area contributed by atoms with Gasteiger partial charge in [-0.25, -0.2) is 4.79 Å². The first-order valence-electron chi connectivity index (χ1n) is 7.96. The van der Waals surface area contributed by atoms with Gasteiger partial charge in [-0.2, -0.15) is 0 Å². The molecule has 0 radical (unpaired) electrons. The predicted molar refractivity (Wildman–Crippen MR) is 78.8 cm³/mol. The molecule has 0 aromatic carbocycles. The summed E-state index contributed by atoms with van der Waals surface area (Å²) in [4.78, 5) is 23.4. The minimum atomic E-state index is -1.43. The second-order valence-corrected chi connectivity index (χ2v) is 7.44. The maximum atomic E-state index is 12.0. The highest BCUT2D eigenvalue weighted by molar-refractivity contribution is 5.82. The molecule has 6 atom stereocenters. The summed E-state index contributed by atoms with van der Waals surface area (Å²) in [5.74, 6) is -1.11. The molecule has 1 aliphatic heterocycles. The molecule has 1 N–H and O–H groups in total. The summed E-state index contributed by atoms with van der Waals surface area (Å²) >= 11 is 0. The Balaban J connectivity index is 1.96. The maximum Gasteiger partial charge on any atom is 0.338 e. The molecule has 5 nitrogen and oxygen atoms in total. The van der Waals surface area contributed by atoms with Crippen molar-refractivity contribution in [3.8, 4) is 0 Å². The van der Waals surface area contributed by atoms with Crippen LogP contribution in [0.3, 0.4) is 0 Å². The highest BCUT2D eigenvalue weighted by Crippen LogP contribution is 2.58. The lowest BCUT2D eigenvalue weighted by molar-refractivity contribution is -0.171. The fraction of sp³-hybridized carbons (Fsp3) is 0.765. The van der Waals surface area contributed by atoms with Gasteiger partial charge in [0.15, 0.2) is 5.60 Å². The van der Waals surface area contributed by atoms with Gasteiger partial charge in [-0.15, -0.1) is 0 Å². The highest BCUT2D eigenvalue weighted by atomic mass is 16.6. The van der Waals surface area contributed by atoms with Gasteiger partial charge in [-0.1, -0.05) is 19.1 Å². The van der Waals surface area contributed by atoms with Crippen LogP contribution < -0.4 is 0 Å². The van der Waals surface area contributed by atoms with Crippen molar-refractivity contribution in [1.29, 1.82) is 0 Å². The van der Waals surface area contributed by atoms with Gasteiger partial charge in [0.05, 0.1) is 0 Å². The molecule has 1 saturated heterocycles. The van der Waals surface area contributed by atoms with E-state index in [0.29, 0.717) is 6.42 Å². The third-order valence-electron chi connectivity index (χ3n) is 6.02. The lowest BCUT2D eigenvalue weighted by atomic mass is 9.53. The lowest BCUT2D eigenvalue weighted by Crippen LogP contribution is -2.56. The molecule has 0 unspecified atom stereocenters. The SMILES string of the molecule is C=C1CC[C@@H](OC(C)=O)[C@]2(C)CC[C@@H]3[C@@H](OC(=O)[C@@]3(C)O)[C@@H]12. The molecular formula is C17H24O5. The summed E-state index contributed by atoms with van der Waals surface area (Å²) in [6.45, 7) is 9.23. The summed E-state index contributed by atoms with van der Waals surface area (Å²) < 4.78 is 11.1. The largest absolute Gasteiger partial charge is 0.462 e. The van der Waals surface area contributed by atoms with Gasteiger partial charge < -0.3 is 14.6 Å². The van der Waals surface area contributed by atoms with Crippen molar-refractivity contribution in [3.05, 3.63) is 12.2 Å². The Hall–Kier alpha value is -1.36. The molecule has 3 fully saturated rings. The highest BCUT2D eigenvalue weighted by Gasteiger charge is 2.64. The van der Waals surface area contributed by atoms with Crippen molar-refractivity contribution < 1.29 is 24.2 Å². The van der Waals surface area contributed by atoms with Gasteiger partial charge in [-0.05, 0) is 32.6 Å². The Labute approximate surface area is 130 Å². The second kappa shape index (κ2) is 4.82. The molecule has 0 spiro atoms. The minimum absolute atomic E-state index is 0.0673. The summed E-state index contributed by atoms with van der Waals surface area (Å²) in [5, 5.41) is 10.4. The molecule has 1 heterocycles. The van der Waals surface area contributed by atoms with E-state index < -0.39 is 11.6 Å². The topological polar surface area (TPSA) is 72.8 Å². The summed E-state index contributed by atoms with van der Waals surface area (Å²) in [7, 11) is 0. The van der Waals surface area contributed by atoms with Gasteiger partial charge in [0.25, 0.3) is 0 Å². The van der Waals surface area contributed by atoms with Crippen LogP contribution in [0.5, 0.6) is 0 Å². The van der Waals surface area contributed by atoms with Gasteiger partial charge in [-0.3, -0.25) is 4.79 Å². The van der Waals surface area contributed by atoms with Crippen molar-refractivity contribution in [2.75, 3.05) is 0 Å². The molecule has 2 aliphatic carbocycles. The number of hydrogen-bond donors (Lipinski definition) is 1. The normalized spacial score (nSPS) is 47.5. The number of esters is 2. The van der Waals surface area contributed by atoms with Crippen molar-refractivity contribution in [2.45, 2.75) is 64.3 Å². The second-order valence-electron chi connectivity index (χ2n) is 7.44. The molecule has 22 heavy (non-hydrogen) atoms. The fourth-order valence-corrected chi connectivity index (χ4v) is 4.79. The molecule has 0 aromatic heterocycles. The molecule has 3 rings (SSSR count). The number of aliphatic hydroxyl groups is 1. The van der Waals surface area contributed by atoms with Crippen molar-refractivity contribution in [2.24, 2.45) is 17.3 Å². The summed E-state index contributed by atoms with van der Waals surface area (Å²) in [6.07, 6.45) is 2.41. The molecule has 122 valence electrons. The Bertz CT molecular complexity index is 537. The third-order valence-corrected chi connectivity index (χ3v) is 6.02. The van der Waals surface area contributed by atoms with Gasteiger partial charge in [0, 0.05) is 24.2 Å². The van der Waals surface area contributed by atoms with E-state index in [1.165, 1.54) is 13.8 Å². The molecule has 5 heteroatoms. The molecular weight excluding hydrogens is 284 g/mol. The number of fused-ring (bicyclic) bond motifs is 3. The van der Waals surface area contributed by atoms with E-state index in [4.69, 9.17) is 9.47 Å². The van der Waals surface area contributed by atoms with E-state index in [1.54, 1.807) is 0 Å². The van der Waals surface area contributed by atoms with Crippen LogP contribution in [0, 0.1) is 17.3 Å². The van der Waals surface area contributed by atoms with Gasteiger partial charge in [0.1, 0.15) is 12.2 Å². The van der Waals surface area contributed by atoms with Crippen LogP contribution in [0.1, 0.15) is 46.5 Å². The first-order chi connectivity index (χ1) is 10.2. The van der Waals surface area contributed by atoms with Crippen LogP contribution in [-0.4, -0.2) is 34.9 Å². The Morgan fingerprint density at radius 3 is 2.73 bits per heavy atom. The van der Waals surface area contributed by atoms with Crippen LogP contribution in [0.2, 0.25) is 0 Å². The van der Waals surface area contributed by atoms with E-state index in [-0.39, 0.29) is 35.4 Å². The van der Waals surface area contributed by atoms with Crippen LogP contribution in [0.25, 0.3) is 0 Å². The number of carbonyl (C=O) groups is 2. The number of ether oxygens (including phenoxy) is 2. The summed E-state index contributed by atoms with van der Waals surface area (Å²) in [6, 6.07) is 0. The number of hydrogen-bond acceptors (Lipinski definition) is 5. The molecule has 3 aliphatic rings. The van der Waals surface area contributed by atoms with Crippen molar-refractivity contribution in [1.82, 2.24) is 0 Å². The van der Waals surface area contributed by atoms with Crippen LogP contribution >= 0.6 is 0 Å². The first kappa shape index (κ1) is 15.5. The fourth-order valence-electron chi connectivity index (χ4n) is 4.79. The smallest absolute Gasteiger partial charge is 0.338 e. The molecule has 0 amide bonds. The lowest BCUT2D eigenvalue weighted by Gasteiger charge is -2.53. The zero-order valence-electron chi connectivity index (χ0n) is 13.4. The van der Waals surface area contributed by atoms with Crippen molar-refractivity contribution >= 4 is 11.9 Å². The quantitative estimate of drug-likeness (QED) is 0.592. The third kappa shape index (κ3) is 2.02. The minimum Gasteiger partial charge on any atom is -0.462 e. The molecule has 0 aromatic rings. The molecule has 2 saturated carbocycles. The maximum absolute atomic E-state index is 12.0. The monoisotopic (exact) mass is 308 g/mol. The van der Waals surface area contributed by atoms with Gasteiger partial charge >= 0.3 is 11.9 Å². The van der Waals surface area contributed by atoms with E-state index >= 15 is 0 Å². The average molecular weight is 308 g/mol. The van der Waals surface area contributed by atoms with Crippen LogP contribution in [0.15, 0.2) is 12.2 Å². The standard InChI is InChI=1S/C17H24O5/c1-9-5-6-12(21-10(2)18)16(3)8-7-11-14(13(9)16)22-15(19)17(11,4)20/h11-14,20H,1,5-8H2,2-4H3/t11-,12-,13-,14-,16+,17+/m1/s1. The molecule has 0 bridgehead atoms. The summed E-state index contributed by atoms with van der Waals surface area (Å²) in [5.41, 5.74) is -0.685. The zero-order chi connectivity index (χ0) is 16.3. The predicted octanol–water partition coefficient (Wildman–Crippen LogP) is 1.98. The van der Waals surface area contributed by atoms with Crippen LogP contribution in [-0.2, 0) is 19.1 Å². The Morgan fingerprint density at radius 1 is 1.41 bits per heavy atom. The Morgan fingerprint density at radius 2 is 2.09 bits per heavy atom. The average Bonchev–Trinajstić information content (AvgIpc) is 2.63. The van der Waals surface area contributed by atoms with E-state index in [0.717, 1.165) is 24.8 Å². The van der Waals surface area contributed by atoms with E-state index in [2.05, 4.69) is 13.5 Å². The van der Waals surface area contributed by atoms with E-state index in [9.17, 15) is 14.7 Å². The number of carbonyl (C=O) groups excluding carboxylic acids is 2. The van der Waals surface area contributed by atoms with Crippen LogP contribution in [0.4, 0.5) is 0 Å². The van der Waals surface area contributed by atoms with E-state index in [1.807, 2.05) is 0 Å². The first-order valence-corrected chi connectivity index (χ1v) is 7.96.